The van der Waals surface area contributed by atoms with Crippen molar-refractivity contribution in [3.05, 3.63) is 11.6 Å². The molecule has 0 aromatic rings. The number of rotatable bonds is 0. The molecule has 0 aliphatic heterocycles. The fourth-order valence-electron chi connectivity index (χ4n) is 6.45. The molecule has 3 unspecified atom stereocenters. The van der Waals surface area contributed by atoms with Crippen LogP contribution in [-0.2, 0) is 0 Å². The van der Waals surface area contributed by atoms with E-state index in [9.17, 15) is 5.11 Å². The van der Waals surface area contributed by atoms with E-state index in [2.05, 4.69) is 28.8 Å². The van der Waals surface area contributed by atoms with E-state index in [0.29, 0.717) is 10.8 Å². The third-order valence-corrected chi connectivity index (χ3v) is 8.68. The zero-order valence-corrected chi connectivity index (χ0v) is 14.5. The molecule has 116 valence electrons. The lowest BCUT2D eigenvalue weighted by molar-refractivity contribution is -0.0205. The Balaban J connectivity index is 1.69. The molecule has 0 aromatic heterocycles. The summed E-state index contributed by atoms with van der Waals surface area (Å²) in [4.78, 5) is 0. The van der Waals surface area contributed by atoms with Gasteiger partial charge in [0.1, 0.15) is 0 Å². The molecule has 4 rings (SSSR count). The van der Waals surface area contributed by atoms with E-state index in [-0.39, 0.29) is 6.10 Å². The summed E-state index contributed by atoms with van der Waals surface area (Å²) < 4.78 is 0. The van der Waals surface area contributed by atoms with E-state index in [1.807, 2.05) is 0 Å². The van der Waals surface area contributed by atoms with Crippen molar-refractivity contribution in [2.75, 3.05) is 0 Å². The molecular weight excluding hydrogens is 275 g/mol. The molecule has 0 radical (unpaired) electrons. The summed E-state index contributed by atoms with van der Waals surface area (Å²) in [7, 11) is 3.97. The molecule has 4 aliphatic rings. The molecule has 1 nitrogen and oxygen atoms in total. The molecule has 1 N–H and O–H groups in total. The zero-order valence-electron chi connectivity index (χ0n) is 13.5. The minimum absolute atomic E-state index is 0.0802. The lowest BCUT2D eigenvalue weighted by Crippen LogP contribution is -2.50. The maximum absolute atomic E-state index is 10.0. The summed E-state index contributed by atoms with van der Waals surface area (Å²) in [5.41, 5.74) is 2.43. The Hall–Kier alpha value is -0.130. The van der Waals surface area contributed by atoms with Crippen molar-refractivity contribution in [1.82, 2.24) is 0 Å². The van der Waals surface area contributed by atoms with Crippen LogP contribution in [0.4, 0.5) is 0 Å². The number of allylic oxidation sites excluding steroid dienone is 1. The largest absolute Gasteiger partial charge is 0.393 e. The lowest BCUT2D eigenvalue weighted by atomic mass is 9.48. The van der Waals surface area contributed by atoms with Crippen LogP contribution in [0.5, 0.6) is 0 Å². The quantitative estimate of drug-likeness (QED) is 0.511. The Morgan fingerprint density at radius 1 is 1.10 bits per heavy atom. The van der Waals surface area contributed by atoms with Gasteiger partial charge in [-0.2, -0.15) is 0 Å². The van der Waals surface area contributed by atoms with Crippen molar-refractivity contribution in [2.24, 2.45) is 28.6 Å². The molecule has 4 aliphatic carbocycles. The molecule has 0 saturated heterocycles. The Kier molecular flexibility index (Phi) is 3.22. The predicted octanol–water partition coefficient (Wildman–Crippen LogP) is 4.63. The van der Waals surface area contributed by atoms with Gasteiger partial charge in [-0.3, -0.25) is 0 Å². The van der Waals surface area contributed by atoms with Crippen molar-refractivity contribution >= 4 is 14.2 Å². The minimum Gasteiger partial charge on any atom is -0.393 e. The average Bonchev–Trinajstić information content (AvgIpc) is 2.76. The highest BCUT2D eigenvalue weighted by atomic mass is 31.0. The zero-order chi connectivity index (χ0) is 14.8. The summed E-state index contributed by atoms with van der Waals surface area (Å²) in [5.74, 6) is 2.62. The van der Waals surface area contributed by atoms with Crippen LogP contribution >= 0.6 is 8.86 Å². The van der Waals surface area contributed by atoms with Gasteiger partial charge in [0, 0.05) is 0 Å². The van der Waals surface area contributed by atoms with Gasteiger partial charge >= 0.3 is 0 Å². The highest BCUT2D eigenvalue weighted by molar-refractivity contribution is 7.21. The molecule has 0 heterocycles. The van der Waals surface area contributed by atoms with Gasteiger partial charge in [0.05, 0.1) is 6.10 Å². The normalized spacial score (nSPS) is 52.7. The first-order chi connectivity index (χ1) is 9.95. The highest BCUT2D eigenvalue weighted by Crippen LogP contribution is 2.64. The van der Waals surface area contributed by atoms with E-state index in [1.165, 1.54) is 38.5 Å². The molecule has 2 heteroatoms. The average molecular weight is 304 g/mol. The maximum Gasteiger partial charge on any atom is 0.0577 e. The topological polar surface area (TPSA) is 20.2 Å². The number of hydrogen-bond acceptors (Lipinski definition) is 1. The van der Waals surface area contributed by atoms with Crippen LogP contribution in [0.15, 0.2) is 11.6 Å². The monoisotopic (exact) mass is 304 g/mol. The Morgan fingerprint density at radius 2 is 1.81 bits per heavy atom. The van der Waals surface area contributed by atoms with Gasteiger partial charge in [-0.15, -0.1) is 8.86 Å². The third-order valence-electron chi connectivity index (χ3n) is 7.86. The third kappa shape index (κ3) is 1.89. The summed E-state index contributed by atoms with van der Waals surface area (Å²) in [6, 6.07) is 0. The Labute approximate surface area is 131 Å². The molecule has 0 bridgehead atoms. The number of hydrogen-bond donors (Lipinski definition) is 1. The standard InChI is InChI=1S/C19H29OP/c1-18-9-7-13(20)11-12(18)3-4-14-15-5-6-17(21)19(15,2)10-8-16(14)18/h3,13-16,20-21H,4-11H2,1-2H3/t13-,14?,15-,16-,18?,19?/m0/s1. The second-order valence-electron chi connectivity index (χ2n) is 8.63. The van der Waals surface area contributed by atoms with Crippen LogP contribution in [0.25, 0.3) is 0 Å². The van der Waals surface area contributed by atoms with E-state index < -0.39 is 0 Å². The van der Waals surface area contributed by atoms with Crippen LogP contribution in [0.1, 0.15) is 65.2 Å². The van der Waals surface area contributed by atoms with E-state index in [1.54, 1.807) is 10.9 Å². The first kappa shape index (κ1) is 14.5. The van der Waals surface area contributed by atoms with Gasteiger partial charge < -0.3 is 5.11 Å². The second-order valence-corrected chi connectivity index (χ2v) is 9.23. The second kappa shape index (κ2) is 4.68. The van der Waals surface area contributed by atoms with E-state index in [0.717, 1.165) is 30.6 Å². The maximum atomic E-state index is 10.0. The number of fused-ring (bicyclic) bond motifs is 5. The summed E-state index contributed by atoms with van der Waals surface area (Å²) in [5, 5.41) is 11.6. The van der Waals surface area contributed by atoms with Crippen molar-refractivity contribution in [3.8, 4) is 0 Å². The summed E-state index contributed by atoms with van der Waals surface area (Å²) >= 11 is 0. The van der Waals surface area contributed by atoms with Crippen LogP contribution < -0.4 is 0 Å². The first-order valence-electron chi connectivity index (χ1n) is 8.90. The minimum atomic E-state index is -0.0802. The van der Waals surface area contributed by atoms with Gasteiger partial charge in [-0.1, -0.05) is 25.5 Å². The lowest BCUT2D eigenvalue weighted by Gasteiger charge is -2.57. The van der Waals surface area contributed by atoms with Gasteiger partial charge in [0.2, 0.25) is 0 Å². The molecule has 21 heavy (non-hydrogen) atoms. The Bertz CT molecular complexity index is 510. The van der Waals surface area contributed by atoms with Crippen LogP contribution in [0.2, 0.25) is 0 Å². The van der Waals surface area contributed by atoms with E-state index >= 15 is 0 Å². The van der Waals surface area contributed by atoms with Crippen LogP contribution in [0.3, 0.4) is 0 Å². The van der Waals surface area contributed by atoms with Crippen molar-refractivity contribution in [3.63, 3.8) is 0 Å². The van der Waals surface area contributed by atoms with Gasteiger partial charge in [-0.05, 0) is 85.2 Å². The molecular formula is C19H29OP. The molecule has 3 fully saturated rings. The molecule has 6 atom stereocenters. The fourth-order valence-corrected chi connectivity index (χ4v) is 6.91. The van der Waals surface area contributed by atoms with Gasteiger partial charge in [0.25, 0.3) is 0 Å². The molecule has 0 aromatic carbocycles. The highest BCUT2D eigenvalue weighted by Gasteiger charge is 2.56. The smallest absolute Gasteiger partial charge is 0.0577 e. The molecule has 0 amide bonds. The van der Waals surface area contributed by atoms with Crippen LogP contribution in [0, 0.1) is 28.6 Å². The summed E-state index contributed by atoms with van der Waals surface area (Å²) in [6.45, 7) is 5.02. The van der Waals surface area contributed by atoms with Crippen molar-refractivity contribution in [2.45, 2.75) is 71.3 Å². The summed E-state index contributed by atoms with van der Waals surface area (Å²) in [6.07, 6.45) is 12.3. The van der Waals surface area contributed by atoms with Crippen LogP contribution in [-0.4, -0.2) is 16.5 Å². The van der Waals surface area contributed by atoms with E-state index in [4.69, 9.17) is 0 Å². The fraction of sp³-hybridized carbons (Fsp3) is 0.842. The number of aliphatic hydroxyl groups excluding tert-OH is 1. The molecule has 0 spiro atoms. The van der Waals surface area contributed by atoms with Gasteiger partial charge in [-0.25, -0.2) is 0 Å². The van der Waals surface area contributed by atoms with Gasteiger partial charge in [0.15, 0.2) is 0 Å². The number of aliphatic hydroxyl groups is 1. The first-order valence-corrected chi connectivity index (χ1v) is 9.40. The SMILES string of the molecule is CC12CC[C@H]3C(CC=C4C[C@@H](O)CCC43C)[C@@H]1CCC2=P. The Morgan fingerprint density at radius 3 is 2.62 bits per heavy atom. The van der Waals surface area contributed by atoms with Crippen molar-refractivity contribution in [1.29, 1.82) is 0 Å². The molecule has 3 saturated carbocycles. The predicted molar refractivity (Wildman–Crippen MR) is 91.0 cm³/mol. The van der Waals surface area contributed by atoms with Crippen molar-refractivity contribution < 1.29 is 5.11 Å².